The number of rotatable bonds is 6. The number of hydrogen-bond acceptors (Lipinski definition) is 5. The van der Waals surface area contributed by atoms with Crippen LogP contribution in [0.5, 0.6) is 0 Å². The number of para-hydroxylation sites is 1. The van der Waals surface area contributed by atoms with Gasteiger partial charge in [-0.25, -0.2) is 4.99 Å². The number of benzene rings is 8. The molecule has 2 aliphatic rings. The van der Waals surface area contributed by atoms with E-state index in [4.69, 9.17) is 13.8 Å². The van der Waals surface area contributed by atoms with Gasteiger partial charge in [-0.2, -0.15) is 0 Å². The molecule has 0 amide bonds. The van der Waals surface area contributed by atoms with Crippen LogP contribution in [-0.4, -0.2) is 16.6 Å². The van der Waals surface area contributed by atoms with Crippen molar-refractivity contribution in [1.82, 2.24) is 15.2 Å². The van der Waals surface area contributed by atoms with Crippen molar-refractivity contribution >= 4 is 72.7 Å². The number of fused-ring (bicyclic) bond motifs is 9. The molecule has 0 radical (unpaired) electrons. The standard InChI is InChI=1S/C57H40N4O2/c1-4-13-35(14-5-1)38-25-30-49-47(31-38)43-19-10-11-21-48(43)61(49)41-26-29-46-53(34-41)62-50-22-12-20-42(54(46)50)39-23-27-44-45-28-24-40(33-52(45)63-51(44)32-39)57-59-55(36-15-6-2-7-16-36)58-56(60-57)37-17-8-3-9-18-37/h1-23,25-34,40,55,57,59H,24H2,(H,58,60). The molecule has 3 unspecified atom stereocenters. The topological polar surface area (TPSA) is 67.6 Å². The van der Waals surface area contributed by atoms with Crippen LogP contribution < -0.4 is 21.3 Å². The zero-order valence-corrected chi connectivity index (χ0v) is 34.2. The smallest absolute Gasteiger partial charge is 0.137 e. The van der Waals surface area contributed by atoms with Gasteiger partial charge >= 0.3 is 0 Å². The van der Waals surface area contributed by atoms with Crippen molar-refractivity contribution < 1.29 is 8.83 Å². The Hall–Kier alpha value is -7.93. The van der Waals surface area contributed by atoms with Crippen LogP contribution in [0.4, 0.5) is 0 Å². The predicted molar refractivity (Wildman–Crippen MR) is 257 cm³/mol. The molecule has 2 N–H and O–H groups in total. The number of nitrogens with one attached hydrogen (secondary N) is 2. The molecule has 0 spiro atoms. The first-order chi connectivity index (χ1) is 31.2. The monoisotopic (exact) mass is 812 g/mol. The molecular weight excluding hydrogens is 773 g/mol. The first kappa shape index (κ1) is 35.8. The number of aliphatic imine (C=N–C) groups is 1. The molecule has 8 aromatic carbocycles. The fraction of sp³-hybridized carbons (Fsp3) is 0.0702. The molecule has 6 nitrogen and oxygen atoms in total. The Labute approximate surface area is 362 Å². The van der Waals surface area contributed by atoms with E-state index in [0.29, 0.717) is 0 Å². The summed E-state index contributed by atoms with van der Waals surface area (Å²) in [5.74, 6) is 1.03. The summed E-state index contributed by atoms with van der Waals surface area (Å²) >= 11 is 0. The van der Waals surface area contributed by atoms with Crippen molar-refractivity contribution in [2.45, 2.75) is 18.8 Å². The molecule has 0 fully saturated rings. The summed E-state index contributed by atoms with van der Waals surface area (Å²) < 4.78 is 15.8. The third kappa shape index (κ3) is 5.94. The molecule has 63 heavy (non-hydrogen) atoms. The van der Waals surface area contributed by atoms with Crippen LogP contribution in [0.25, 0.3) is 94.8 Å². The lowest BCUT2D eigenvalue weighted by Crippen LogP contribution is -2.55. The lowest BCUT2D eigenvalue weighted by atomic mass is 9.94. The van der Waals surface area contributed by atoms with Gasteiger partial charge in [-0.15, -0.1) is 0 Å². The highest BCUT2D eigenvalue weighted by Gasteiger charge is 2.30. The van der Waals surface area contributed by atoms with Gasteiger partial charge in [0.1, 0.15) is 34.2 Å². The maximum absolute atomic E-state index is 6.74. The Bertz CT molecular complexity index is 3730. The minimum Gasteiger partial charge on any atom is -0.456 e. The second kappa shape index (κ2) is 14.3. The number of aromatic nitrogens is 1. The minimum absolute atomic E-state index is 0.0500. The van der Waals surface area contributed by atoms with Crippen molar-refractivity contribution in [3.05, 3.63) is 210 Å². The van der Waals surface area contributed by atoms with Gasteiger partial charge in [0.05, 0.1) is 17.2 Å². The first-order valence-electron chi connectivity index (χ1n) is 21.7. The summed E-state index contributed by atoms with van der Waals surface area (Å²) in [6.07, 6.45) is 5.27. The van der Waals surface area contributed by atoms with E-state index >= 15 is 0 Å². The molecule has 3 aromatic heterocycles. The zero-order chi connectivity index (χ0) is 41.4. The number of amidine groups is 1. The van der Waals surface area contributed by atoms with Gasteiger partial charge in [0.15, 0.2) is 0 Å². The van der Waals surface area contributed by atoms with E-state index in [1.165, 1.54) is 21.9 Å². The summed E-state index contributed by atoms with van der Waals surface area (Å²) in [6.45, 7) is 0. The zero-order valence-electron chi connectivity index (χ0n) is 34.2. The van der Waals surface area contributed by atoms with E-state index in [1.54, 1.807) is 0 Å². The van der Waals surface area contributed by atoms with E-state index in [-0.39, 0.29) is 18.2 Å². The minimum atomic E-state index is -0.170. The third-order valence-electron chi connectivity index (χ3n) is 13.0. The van der Waals surface area contributed by atoms with E-state index in [9.17, 15) is 0 Å². The lowest BCUT2D eigenvalue weighted by Gasteiger charge is -2.35. The SMILES string of the molecule is C1=c2oc3cc(-c4cccc5oc6cc(-n7c8ccccc8c8cc(-c9ccccc9)ccc87)ccc6c45)ccc3c2=CCC1C1NC(c2ccccc2)=NC(c2ccccc2)N1. The largest absolute Gasteiger partial charge is 0.456 e. The fourth-order valence-electron chi connectivity index (χ4n) is 9.99. The van der Waals surface area contributed by atoms with Crippen molar-refractivity contribution in [2.75, 3.05) is 0 Å². The Morgan fingerprint density at radius 1 is 0.524 bits per heavy atom. The van der Waals surface area contributed by atoms with E-state index in [0.717, 1.165) is 94.8 Å². The molecule has 11 aromatic rings. The van der Waals surface area contributed by atoms with Crippen LogP contribution in [0.3, 0.4) is 0 Å². The average Bonchev–Trinajstić information content (AvgIpc) is 4.03. The molecule has 6 heteroatoms. The van der Waals surface area contributed by atoms with Gasteiger partial charge in [-0.3, -0.25) is 5.32 Å². The summed E-state index contributed by atoms with van der Waals surface area (Å²) in [4.78, 5) is 5.11. The number of hydrogen-bond donors (Lipinski definition) is 2. The molecule has 1 aliphatic heterocycles. The van der Waals surface area contributed by atoms with Crippen LogP contribution in [0.1, 0.15) is 23.7 Å². The molecular formula is C57H40N4O2. The third-order valence-corrected chi connectivity index (χ3v) is 13.0. The Morgan fingerprint density at radius 2 is 1.25 bits per heavy atom. The van der Waals surface area contributed by atoms with E-state index < -0.39 is 0 Å². The average molecular weight is 813 g/mol. The van der Waals surface area contributed by atoms with E-state index in [1.807, 2.05) is 12.1 Å². The number of nitrogens with zero attached hydrogens (tertiary/aromatic N) is 2. The molecule has 13 rings (SSSR count). The summed E-state index contributed by atoms with van der Waals surface area (Å²) in [5, 5.41) is 14.4. The predicted octanol–water partition coefficient (Wildman–Crippen LogP) is 12.0. The second-order valence-corrected chi connectivity index (χ2v) is 16.7. The summed E-state index contributed by atoms with van der Waals surface area (Å²) in [5.41, 5.74) is 13.7. The maximum Gasteiger partial charge on any atom is 0.137 e. The van der Waals surface area contributed by atoms with Crippen molar-refractivity contribution in [3.8, 4) is 27.9 Å². The normalized spacial score (nSPS) is 17.4. The quantitative estimate of drug-likeness (QED) is 0.175. The van der Waals surface area contributed by atoms with Gasteiger partial charge in [0.2, 0.25) is 0 Å². The van der Waals surface area contributed by atoms with Gasteiger partial charge in [-0.05, 0) is 88.8 Å². The molecule has 300 valence electrons. The Balaban J connectivity index is 0.860. The number of furan rings is 2. The van der Waals surface area contributed by atoms with Crippen LogP contribution >= 0.6 is 0 Å². The van der Waals surface area contributed by atoms with Crippen molar-refractivity contribution in [3.63, 3.8) is 0 Å². The fourth-order valence-corrected chi connectivity index (χ4v) is 9.99. The van der Waals surface area contributed by atoms with Crippen molar-refractivity contribution in [1.29, 1.82) is 0 Å². The van der Waals surface area contributed by atoms with Gasteiger partial charge in [0, 0.05) is 55.4 Å². The van der Waals surface area contributed by atoms with Crippen molar-refractivity contribution in [2.24, 2.45) is 10.9 Å². The van der Waals surface area contributed by atoms with Gasteiger partial charge in [-0.1, -0.05) is 140 Å². The highest BCUT2D eigenvalue weighted by atomic mass is 16.3. The molecule has 1 aliphatic carbocycles. The molecule has 0 saturated carbocycles. The lowest BCUT2D eigenvalue weighted by molar-refractivity contribution is 0.340. The van der Waals surface area contributed by atoms with E-state index in [2.05, 4.69) is 203 Å². The highest BCUT2D eigenvalue weighted by Crippen LogP contribution is 2.40. The van der Waals surface area contributed by atoms with Crippen LogP contribution in [0.2, 0.25) is 0 Å². The van der Waals surface area contributed by atoms with Crippen LogP contribution in [-0.2, 0) is 0 Å². The first-order valence-corrected chi connectivity index (χ1v) is 21.7. The van der Waals surface area contributed by atoms with Gasteiger partial charge < -0.3 is 18.7 Å². The maximum atomic E-state index is 6.74. The molecule has 0 saturated heterocycles. The Kier molecular flexibility index (Phi) is 8.14. The van der Waals surface area contributed by atoms with Crippen LogP contribution in [0.15, 0.2) is 202 Å². The molecule has 0 bridgehead atoms. The summed E-state index contributed by atoms with van der Waals surface area (Å²) in [6, 6.07) is 66.5. The Morgan fingerprint density at radius 3 is 2.11 bits per heavy atom. The molecule has 4 heterocycles. The summed E-state index contributed by atoms with van der Waals surface area (Å²) in [7, 11) is 0. The molecule has 3 atom stereocenters. The van der Waals surface area contributed by atoms with Gasteiger partial charge in [0.25, 0.3) is 0 Å². The van der Waals surface area contributed by atoms with Crippen LogP contribution in [0, 0.1) is 5.92 Å². The highest BCUT2D eigenvalue weighted by molar-refractivity contribution is 6.14. The second-order valence-electron chi connectivity index (χ2n) is 16.7.